The van der Waals surface area contributed by atoms with Crippen molar-refractivity contribution in [1.82, 2.24) is 9.47 Å². The maximum Gasteiger partial charge on any atom is 0.338 e. The van der Waals surface area contributed by atoms with Gasteiger partial charge in [-0.15, -0.1) is 0 Å². The number of hydrogen-bond donors (Lipinski definition) is 1. The number of ether oxygens (including phenoxy) is 1. The first-order valence-electron chi connectivity index (χ1n) is 11.7. The molecule has 0 unspecified atom stereocenters. The largest absolute Gasteiger partial charge is 0.462 e. The van der Waals surface area contributed by atoms with Gasteiger partial charge in [-0.2, -0.15) is 0 Å². The van der Waals surface area contributed by atoms with Crippen molar-refractivity contribution in [2.75, 3.05) is 11.9 Å². The van der Waals surface area contributed by atoms with E-state index < -0.39 is 5.97 Å². The van der Waals surface area contributed by atoms with E-state index in [0.29, 0.717) is 24.4 Å². The van der Waals surface area contributed by atoms with Crippen LogP contribution in [0, 0.1) is 6.92 Å². The van der Waals surface area contributed by atoms with Gasteiger partial charge in [0.05, 0.1) is 24.4 Å². The maximum atomic E-state index is 13.9. The zero-order valence-electron chi connectivity index (χ0n) is 19.8. The van der Waals surface area contributed by atoms with Gasteiger partial charge in [-0.3, -0.25) is 0 Å². The number of para-hydroxylation sites is 1. The van der Waals surface area contributed by atoms with Crippen LogP contribution < -0.4 is 5.32 Å². The Balaban J connectivity index is 1.57. The van der Waals surface area contributed by atoms with E-state index in [9.17, 15) is 9.59 Å². The summed E-state index contributed by atoms with van der Waals surface area (Å²) in [4.78, 5) is 27.9. The Labute approximate surface area is 204 Å². The normalized spacial score (nSPS) is 14.5. The van der Waals surface area contributed by atoms with Crippen molar-refractivity contribution in [2.45, 2.75) is 26.4 Å². The summed E-state index contributed by atoms with van der Waals surface area (Å²) in [5.41, 5.74) is 6.24. The molecule has 3 aromatic carbocycles. The molecule has 6 nitrogen and oxygen atoms in total. The summed E-state index contributed by atoms with van der Waals surface area (Å²) in [6.45, 7) is 4.56. The maximum absolute atomic E-state index is 13.9. The van der Waals surface area contributed by atoms with Gasteiger partial charge in [-0.25, -0.2) is 9.59 Å². The number of urea groups is 1. The lowest BCUT2D eigenvalue weighted by Gasteiger charge is -2.32. The second-order valence-electron chi connectivity index (χ2n) is 8.55. The number of esters is 1. The van der Waals surface area contributed by atoms with Crippen molar-refractivity contribution in [1.29, 1.82) is 0 Å². The van der Waals surface area contributed by atoms with Gasteiger partial charge in [0.2, 0.25) is 0 Å². The van der Waals surface area contributed by atoms with E-state index in [1.165, 1.54) is 0 Å². The van der Waals surface area contributed by atoms with Gasteiger partial charge < -0.3 is 19.5 Å². The molecule has 1 aliphatic rings. The van der Waals surface area contributed by atoms with E-state index in [2.05, 4.69) is 47.1 Å². The molecule has 0 bridgehead atoms. The van der Waals surface area contributed by atoms with Crippen molar-refractivity contribution in [3.8, 4) is 5.69 Å². The molecule has 0 spiro atoms. The molecule has 4 aromatic rings. The van der Waals surface area contributed by atoms with Crippen LogP contribution in [0.2, 0.25) is 0 Å². The number of nitrogens with one attached hydrogen (secondary N) is 1. The average molecular weight is 466 g/mol. The predicted molar refractivity (Wildman–Crippen MR) is 136 cm³/mol. The average Bonchev–Trinajstić information content (AvgIpc) is 3.29. The third-order valence-corrected chi connectivity index (χ3v) is 6.33. The van der Waals surface area contributed by atoms with Crippen molar-refractivity contribution < 1.29 is 14.3 Å². The van der Waals surface area contributed by atoms with Crippen LogP contribution in [0.4, 0.5) is 10.5 Å². The molecule has 0 saturated heterocycles. The number of nitrogens with zero attached hydrogens (tertiary/aromatic N) is 2. The minimum absolute atomic E-state index is 0.247. The van der Waals surface area contributed by atoms with Crippen LogP contribution in [0.25, 0.3) is 5.69 Å². The van der Waals surface area contributed by atoms with Gasteiger partial charge in [-0.1, -0.05) is 48.5 Å². The molecule has 1 aliphatic heterocycles. The number of fused-ring (bicyclic) bond motifs is 3. The Bertz CT molecular complexity index is 1390. The monoisotopic (exact) mass is 465 g/mol. The Hall–Kier alpha value is -4.32. The zero-order valence-corrected chi connectivity index (χ0v) is 19.8. The molecule has 0 saturated carbocycles. The molecular weight excluding hydrogens is 438 g/mol. The molecule has 176 valence electrons. The number of amides is 2. The number of rotatable bonds is 4. The number of aromatic nitrogens is 1. The van der Waals surface area contributed by atoms with Gasteiger partial charge in [-0.05, 0) is 66.9 Å². The fraction of sp³-hybridized carbons (Fsp3) is 0.172. The lowest BCUT2D eigenvalue weighted by atomic mass is 9.97. The van der Waals surface area contributed by atoms with E-state index in [0.717, 1.165) is 28.1 Å². The molecule has 0 aliphatic carbocycles. The fourth-order valence-electron chi connectivity index (χ4n) is 4.69. The van der Waals surface area contributed by atoms with Crippen LogP contribution in [-0.2, 0) is 11.3 Å². The van der Waals surface area contributed by atoms with Gasteiger partial charge >= 0.3 is 12.0 Å². The molecule has 1 N–H and O–H groups in total. The minimum Gasteiger partial charge on any atom is -0.462 e. The van der Waals surface area contributed by atoms with E-state index >= 15 is 0 Å². The Kier molecular flexibility index (Phi) is 6.10. The fourth-order valence-corrected chi connectivity index (χ4v) is 4.69. The predicted octanol–water partition coefficient (Wildman–Crippen LogP) is 6.10. The first-order chi connectivity index (χ1) is 17.1. The first kappa shape index (κ1) is 22.5. The molecule has 2 heterocycles. The Morgan fingerprint density at radius 2 is 1.77 bits per heavy atom. The first-order valence-corrected chi connectivity index (χ1v) is 11.7. The van der Waals surface area contributed by atoms with Crippen LogP contribution in [-0.4, -0.2) is 28.1 Å². The molecular formula is C29H27N3O3. The molecule has 5 rings (SSSR count). The third-order valence-electron chi connectivity index (χ3n) is 6.33. The standard InChI is InChI=1S/C29H27N3O3/c1-3-35-28(33)21-12-8-13-23(18-21)30-29(34)32-19-22-11-5-7-15-25(22)31-17-9-16-26(31)27(32)24-14-6-4-10-20(24)2/h4-18,27H,3,19H2,1-2H3,(H,30,34)/t27-/m0/s1. The number of carbonyl (C=O) groups excluding carboxylic acids is 2. The molecule has 0 fully saturated rings. The van der Waals surface area contributed by atoms with Crippen molar-refractivity contribution >= 4 is 17.7 Å². The third kappa shape index (κ3) is 4.30. The molecule has 2 amide bonds. The Morgan fingerprint density at radius 3 is 2.60 bits per heavy atom. The van der Waals surface area contributed by atoms with Gasteiger partial charge in [0.15, 0.2) is 0 Å². The number of anilines is 1. The quantitative estimate of drug-likeness (QED) is 0.371. The summed E-state index contributed by atoms with van der Waals surface area (Å²) in [7, 11) is 0. The summed E-state index contributed by atoms with van der Waals surface area (Å²) in [6, 6.07) is 26.7. The molecule has 1 aromatic heterocycles. The number of hydrogen-bond acceptors (Lipinski definition) is 3. The minimum atomic E-state index is -0.414. The van der Waals surface area contributed by atoms with Crippen LogP contribution in [0.5, 0.6) is 0 Å². The van der Waals surface area contributed by atoms with Gasteiger partial charge in [0, 0.05) is 17.6 Å². The van der Waals surface area contributed by atoms with Crippen molar-refractivity contribution in [2.24, 2.45) is 0 Å². The van der Waals surface area contributed by atoms with Crippen LogP contribution in [0.15, 0.2) is 91.1 Å². The van der Waals surface area contributed by atoms with Crippen LogP contribution in [0.3, 0.4) is 0 Å². The van der Waals surface area contributed by atoms with Gasteiger partial charge in [0.1, 0.15) is 6.04 Å². The van der Waals surface area contributed by atoms with E-state index in [1.807, 2.05) is 41.4 Å². The summed E-state index contributed by atoms with van der Waals surface area (Å²) < 4.78 is 7.28. The van der Waals surface area contributed by atoms with Crippen LogP contribution >= 0.6 is 0 Å². The van der Waals surface area contributed by atoms with Crippen LogP contribution in [0.1, 0.15) is 45.7 Å². The molecule has 0 radical (unpaired) electrons. The number of carbonyl (C=O) groups is 2. The lowest BCUT2D eigenvalue weighted by Crippen LogP contribution is -2.38. The smallest absolute Gasteiger partial charge is 0.338 e. The van der Waals surface area contributed by atoms with Crippen molar-refractivity contribution in [3.63, 3.8) is 0 Å². The topological polar surface area (TPSA) is 63.6 Å². The second kappa shape index (κ2) is 9.50. The number of benzene rings is 3. The number of aryl methyl sites for hydroxylation is 1. The summed E-state index contributed by atoms with van der Waals surface area (Å²) in [5, 5.41) is 3.02. The second-order valence-corrected chi connectivity index (χ2v) is 8.55. The van der Waals surface area contributed by atoms with E-state index in [1.54, 1.807) is 31.2 Å². The summed E-state index contributed by atoms with van der Waals surface area (Å²) >= 11 is 0. The summed E-state index contributed by atoms with van der Waals surface area (Å²) in [6.07, 6.45) is 2.05. The molecule has 35 heavy (non-hydrogen) atoms. The van der Waals surface area contributed by atoms with E-state index in [4.69, 9.17) is 4.74 Å². The lowest BCUT2D eigenvalue weighted by molar-refractivity contribution is 0.0526. The highest BCUT2D eigenvalue weighted by Crippen LogP contribution is 2.38. The zero-order chi connectivity index (χ0) is 24.4. The highest BCUT2D eigenvalue weighted by atomic mass is 16.5. The highest BCUT2D eigenvalue weighted by Gasteiger charge is 2.33. The highest BCUT2D eigenvalue weighted by molar-refractivity contribution is 5.94. The van der Waals surface area contributed by atoms with Crippen molar-refractivity contribution in [3.05, 3.63) is 119 Å². The SMILES string of the molecule is CCOC(=O)c1cccc(NC(=O)N2Cc3ccccc3-n3cccc3[C@@H]2c2ccccc2C)c1. The van der Waals surface area contributed by atoms with Gasteiger partial charge in [0.25, 0.3) is 0 Å². The molecule has 1 atom stereocenters. The Morgan fingerprint density at radius 1 is 0.971 bits per heavy atom. The summed E-state index contributed by atoms with van der Waals surface area (Å²) in [5.74, 6) is -0.414. The molecule has 6 heteroatoms. The van der Waals surface area contributed by atoms with E-state index in [-0.39, 0.29) is 12.1 Å².